The quantitative estimate of drug-likeness (QED) is 0.833. The number of aromatic nitrogens is 1. The Hall–Kier alpha value is -2.45. The Bertz CT molecular complexity index is 936. The number of hydrogen-bond acceptors (Lipinski definition) is 6. The van der Waals surface area contributed by atoms with Crippen molar-refractivity contribution in [3.63, 3.8) is 0 Å². The van der Waals surface area contributed by atoms with Gasteiger partial charge in [0, 0.05) is 23.9 Å². The van der Waals surface area contributed by atoms with Gasteiger partial charge in [0.15, 0.2) is 5.13 Å². The summed E-state index contributed by atoms with van der Waals surface area (Å²) in [6, 6.07) is 4.96. The molecule has 1 spiro atoms. The van der Waals surface area contributed by atoms with Gasteiger partial charge in [-0.15, -0.1) is 11.3 Å². The number of anilines is 1. The zero-order chi connectivity index (χ0) is 20.6. The number of ether oxygens (including phenoxy) is 2. The highest BCUT2D eigenvalue weighted by Crippen LogP contribution is 2.36. The average Bonchev–Trinajstić information content (AvgIpc) is 3.07. The van der Waals surface area contributed by atoms with Gasteiger partial charge < -0.3 is 19.7 Å². The number of amides is 2. The Balaban J connectivity index is 1.66. The molecule has 4 rings (SSSR count). The van der Waals surface area contributed by atoms with Crippen LogP contribution in [0.4, 0.5) is 5.13 Å². The topological polar surface area (TPSA) is 80.8 Å². The highest BCUT2D eigenvalue weighted by Gasteiger charge is 2.44. The first-order valence-electron chi connectivity index (χ1n) is 9.79. The summed E-state index contributed by atoms with van der Waals surface area (Å²) in [5.41, 5.74) is 0.915. The van der Waals surface area contributed by atoms with E-state index in [1.165, 1.54) is 11.3 Å². The van der Waals surface area contributed by atoms with Gasteiger partial charge in [0.1, 0.15) is 17.4 Å². The zero-order valence-electron chi connectivity index (χ0n) is 16.9. The molecule has 1 saturated heterocycles. The molecule has 2 amide bonds. The Morgan fingerprint density at radius 2 is 2.07 bits per heavy atom. The van der Waals surface area contributed by atoms with Crippen LogP contribution < -0.4 is 10.1 Å². The molecule has 1 N–H and O–H groups in total. The van der Waals surface area contributed by atoms with Crippen LogP contribution in [0.1, 0.15) is 40.6 Å². The minimum absolute atomic E-state index is 0.190. The van der Waals surface area contributed by atoms with Gasteiger partial charge in [-0.05, 0) is 32.9 Å². The zero-order valence-corrected chi connectivity index (χ0v) is 17.7. The van der Waals surface area contributed by atoms with E-state index in [1.54, 1.807) is 18.0 Å². The summed E-state index contributed by atoms with van der Waals surface area (Å²) in [6.07, 6.45) is 3.06. The van der Waals surface area contributed by atoms with E-state index in [0.29, 0.717) is 49.0 Å². The summed E-state index contributed by atoms with van der Waals surface area (Å²) < 4.78 is 11.9. The van der Waals surface area contributed by atoms with Gasteiger partial charge in [-0.25, -0.2) is 4.98 Å². The van der Waals surface area contributed by atoms with Gasteiger partial charge in [-0.1, -0.05) is 11.6 Å². The van der Waals surface area contributed by atoms with Crippen LogP contribution in [0.25, 0.3) is 0 Å². The first-order chi connectivity index (χ1) is 13.9. The van der Waals surface area contributed by atoms with Crippen molar-refractivity contribution in [3.05, 3.63) is 40.4 Å². The molecule has 2 aromatic rings. The molecule has 3 heterocycles. The van der Waals surface area contributed by atoms with Crippen molar-refractivity contribution in [2.45, 2.75) is 45.3 Å². The molecule has 29 heavy (non-hydrogen) atoms. The van der Waals surface area contributed by atoms with E-state index < -0.39 is 11.6 Å². The number of fused-ring (bicyclic) bond motifs is 1. The standard InChI is InChI=1S/C21H25N3O4S/c1-13-4-5-17-16(10-13)19(26)24(12-21(28-17)6-8-27-9-7-21)15(3)18(25)23-20-22-11-14(2)29-20/h4-5,10-11,15H,6-9,12H2,1-3H3,(H,22,23,25). The molecule has 7 nitrogen and oxygen atoms in total. The summed E-state index contributed by atoms with van der Waals surface area (Å²) >= 11 is 1.41. The van der Waals surface area contributed by atoms with E-state index >= 15 is 0 Å². The van der Waals surface area contributed by atoms with Gasteiger partial charge in [0.25, 0.3) is 5.91 Å². The SMILES string of the molecule is Cc1ccc2c(c1)C(=O)N(C(C)C(=O)Nc1ncc(C)s1)CC1(CCOCC1)O2. The van der Waals surface area contributed by atoms with Crippen molar-refractivity contribution in [1.29, 1.82) is 0 Å². The van der Waals surface area contributed by atoms with Gasteiger partial charge in [0.2, 0.25) is 5.91 Å². The molecule has 1 aromatic heterocycles. The molecule has 0 bridgehead atoms. The van der Waals surface area contributed by atoms with Gasteiger partial charge in [0.05, 0.1) is 25.3 Å². The maximum Gasteiger partial charge on any atom is 0.258 e. The normalized spacial score (nSPS) is 19.3. The van der Waals surface area contributed by atoms with Crippen LogP contribution in [-0.4, -0.2) is 53.1 Å². The predicted molar refractivity (Wildman–Crippen MR) is 111 cm³/mol. The fourth-order valence-electron chi connectivity index (χ4n) is 3.78. The minimum Gasteiger partial charge on any atom is -0.484 e. The lowest BCUT2D eigenvalue weighted by Crippen LogP contribution is -2.55. The molecule has 1 unspecified atom stereocenters. The molecular formula is C21H25N3O4S. The molecule has 8 heteroatoms. The summed E-state index contributed by atoms with van der Waals surface area (Å²) in [4.78, 5) is 33.2. The number of hydrogen-bond donors (Lipinski definition) is 1. The van der Waals surface area contributed by atoms with E-state index in [2.05, 4.69) is 10.3 Å². The van der Waals surface area contributed by atoms with Crippen LogP contribution in [-0.2, 0) is 9.53 Å². The molecular weight excluding hydrogens is 390 g/mol. The lowest BCUT2D eigenvalue weighted by Gasteiger charge is -2.40. The summed E-state index contributed by atoms with van der Waals surface area (Å²) in [6.45, 7) is 7.11. The van der Waals surface area contributed by atoms with E-state index in [9.17, 15) is 9.59 Å². The molecule has 0 saturated carbocycles. The first kappa shape index (κ1) is 19.8. The van der Waals surface area contributed by atoms with Crippen molar-refractivity contribution in [2.75, 3.05) is 25.1 Å². The number of nitrogens with zero attached hydrogens (tertiary/aromatic N) is 2. The van der Waals surface area contributed by atoms with Gasteiger partial charge in [-0.2, -0.15) is 0 Å². The summed E-state index contributed by atoms with van der Waals surface area (Å²) in [5, 5.41) is 3.37. The summed E-state index contributed by atoms with van der Waals surface area (Å²) in [7, 11) is 0. The fourth-order valence-corrected chi connectivity index (χ4v) is 4.45. The third-order valence-corrected chi connectivity index (χ3v) is 6.34. The van der Waals surface area contributed by atoms with Crippen LogP contribution in [0.15, 0.2) is 24.4 Å². The van der Waals surface area contributed by atoms with Crippen molar-refractivity contribution >= 4 is 28.3 Å². The number of carbonyl (C=O) groups excluding carboxylic acids is 2. The molecule has 0 aliphatic carbocycles. The van der Waals surface area contributed by atoms with Crippen LogP contribution >= 0.6 is 11.3 Å². The van der Waals surface area contributed by atoms with E-state index in [-0.39, 0.29) is 11.8 Å². The molecule has 1 atom stereocenters. The fraction of sp³-hybridized carbons (Fsp3) is 0.476. The van der Waals surface area contributed by atoms with Crippen molar-refractivity contribution < 1.29 is 19.1 Å². The number of benzene rings is 1. The summed E-state index contributed by atoms with van der Waals surface area (Å²) in [5.74, 6) is 0.129. The third-order valence-electron chi connectivity index (χ3n) is 5.51. The maximum absolute atomic E-state index is 13.4. The van der Waals surface area contributed by atoms with E-state index in [4.69, 9.17) is 9.47 Å². The number of nitrogens with one attached hydrogen (secondary N) is 1. The molecule has 2 aliphatic rings. The van der Waals surface area contributed by atoms with Gasteiger partial charge >= 0.3 is 0 Å². The van der Waals surface area contributed by atoms with Crippen molar-refractivity contribution in [2.24, 2.45) is 0 Å². The van der Waals surface area contributed by atoms with Crippen LogP contribution in [0, 0.1) is 13.8 Å². The van der Waals surface area contributed by atoms with E-state index in [0.717, 1.165) is 10.4 Å². The number of carbonyl (C=O) groups is 2. The van der Waals surface area contributed by atoms with Crippen LogP contribution in [0.3, 0.4) is 0 Å². The Labute approximate surface area is 174 Å². The van der Waals surface area contributed by atoms with Crippen molar-refractivity contribution in [3.8, 4) is 5.75 Å². The predicted octanol–water partition coefficient (Wildman–Crippen LogP) is 3.17. The monoisotopic (exact) mass is 415 g/mol. The lowest BCUT2D eigenvalue weighted by atomic mass is 9.93. The molecule has 1 aromatic carbocycles. The van der Waals surface area contributed by atoms with Gasteiger partial charge in [-0.3, -0.25) is 9.59 Å². The number of aryl methyl sites for hydroxylation is 2. The Morgan fingerprint density at radius 3 is 2.76 bits per heavy atom. The lowest BCUT2D eigenvalue weighted by molar-refractivity contribution is -0.121. The van der Waals surface area contributed by atoms with Crippen LogP contribution in [0.2, 0.25) is 0 Å². The van der Waals surface area contributed by atoms with Crippen LogP contribution in [0.5, 0.6) is 5.75 Å². The number of thiazole rings is 1. The second-order valence-electron chi connectivity index (χ2n) is 7.77. The second kappa shape index (κ2) is 7.76. The number of rotatable bonds is 3. The average molecular weight is 416 g/mol. The Morgan fingerprint density at radius 1 is 1.31 bits per heavy atom. The molecule has 154 valence electrons. The minimum atomic E-state index is -0.665. The first-order valence-corrected chi connectivity index (χ1v) is 10.6. The smallest absolute Gasteiger partial charge is 0.258 e. The highest BCUT2D eigenvalue weighted by atomic mass is 32.1. The second-order valence-corrected chi connectivity index (χ2v) is 9.01. The third kappa shape index (κ3) is 4.00. The highest BCUT2D eigenvalue weighted by molar-refractivity contribution is 7.15. The van der Waals surface area contributed by atoms with E-state index in [1.807, 2.05) is 32.0 Å². The molecule has 2 aliphatic heterocycles. The van der Waals surface area contributed by atoms with Crippen molar-refractivity contribution in [1.82, 2.24) is 9.88 Å². The largest absolute Gasteiger partial charge is 0.484 e. The maximum atomic E-state index is 13.4. The Kier molecular flexibility index (Phi) is 5.31. The molecule has 1 fully saturated rings. The molecule has 0 radical (unpaired) electrons.